The maximum absolute atomic E-state index is 14.1. The van der Waals surface area contributed by atoms with Crippen LogP contribution in [0.2, 0.25) is 0 Å². The van der Waals surface area contributed by atoms with Crippen LogP contribution < -0.4 is 0 Å². The van der Waals surface area contributed by atoms with E-state index in [1.807, 2.05) is 0 Å². The van der Waals surface area contributed by atoms with Gasteiger partial charge < -0.3 is 9.42 Å². The van der Waals surface area contributed by atoms with Crippen molar-refractivity contribution in [2.45, 2.75) is 25.7 Å². The number of carbonyl (C=O) groups is 1. The van der Waals surface area contributed by atoms with E-state index in [-0.39, 0.29) is 48.4 Å². The van der Waals surface area contributed by atoms with E-state index in [0.717, 1.165) is 0 Å². The summed E-state index contributed by atoms with van der Waals surface area (Å²) in [6.45, 7) is 5.60. The predicted octanol–water partition coefficient (Wildman–Crippen LogP) is 2.07. The molecule has 0 bridgehead atoms. The fraction of sp³-hybridized carbons (Fsp3) is 0.350. The molecule has 0 aliphatic carbocycles. The number of halogens is 1. The lowest BCUT2D eigenvalue weighted by Gasteiger charge is -2.33. The van der Waals surface area contributed by atoms with Gasteiger partial charge in [-0.1, -0.05) is 17.3 Å². The van der Waals surface area contributed by atoms with Crippen LogP contribution in [-0.2, 0) is 10.0 Å². The molecule has 164 valence electrons. The van der Waals surface area contributed by atoms with Crippen LogP contribution in [0.3, 0.4) is 0 Å². The number of aryl methyl sites for hydroxylation is 2. The van der Waals surface area contributed by atoms with Crippen LogP contribution in [0.25, 0.3) is 5.69 Å². The third kappa shape index (κ3) is 3.63. The minimum Gasteiger partial charge on any atom is -0.360 e. The molecule has 3 heterocycles. The summed E-state index contributed by atoms with van der Waals surface area (Å²) in [6, 6.07) is 6.19. The Labute approximate surface area is 179 Å². The number of rotatable bonds is 4. The van der Waals surface area contributed by atoms with Crippen molar-refractivity contribution in [3.63, 3.8) is 0 Å². The highest BCUT2D eigenvalue weighted by Gasteiger charge is 2.35. The van der Waals surface area contributed by atoms with Gasteiger partial charge in [0.05, 0.1) is 17.5 Å². The number of carbonyl (C=O) groups excluding carboxylic acids is 1. The highest BCUT2D eigenvalue weighted by Crippen LogP contribution is 2.25. The summed E-state index contributed by atoms with van der Waals surface area (Å²) in [5.74, 6) is -0.465. The second-order valence-corrected chi connectivity index (χ2v) is 9.23. The van der Waals surface area contributed by atoms with E-state index in [1.54, 1.807) is 43.9 Å². The quantitative estimate of drug-likeness (QED) is 0.607. The van der Waals surface area contributed by atoms with Crippen LogP contribution >= 0.6 is 0 Å². The van der Waals surface area contributed by atoms with Crippen LogP contribution in [0.1, 0.15) is 27.5 Å². The number of nitrogens with zero attached hydrogens (tertiary/aromatic N) is 5. The summed E-state index contributed by atoms with van der Waals surface area (Å²) in [7, 11) is -3.76. The van der Waals surface area contributed by atoms with E-state index in [0.29, 0.717) is 17.0 Å². The molecule has 3 aromatic rings. The monoisotopic (exact) mass is 447 g/mol. The van der Waals surface area contributed by atoms with Crippen LogP contribution in [0, 0.1) is 26.6 Å². The van der Waals surface area contributed by atoms with E-state index in [2.05, 4.69) is 10.3 Å². The van der Waals surface area contributed by atoms with Gasteiger partial charge in [0.2, 0.25) is 10.0 Å². The smallest absolute Gasteiger partial charge is 0.257 e. The van der Waals surface area contributed by atoms with Gasteiger partial charge in [0.15, 0.2) is 5.76 Å². The van der Waals surface area contributed by atoms with Crippen LogP contribution in [0.4, 0.5) is 4.39 Å². The molecule has 0 N–H and O–H groups in total. The van der Waals surface area contributed by atoms with E-state index in [4.69, 9.17) is 4.52 Å². The minimum atomic E-state index is -3.76. The van der Waals surface area contributed by atoms with Gasteiger partial charge in [-0.2, -0.15) is 9.40 Å². The first kappa shape index (κ1) is 21.2. The maximum atomic E-state index is 14.1. The molecule has 0 unspecified atom stereocenters. The standard InChI is InChI=1S/C20H22FN5O4S/c1-13-19(15(3)30-23-13)31(28,29)25-10-8-24(9-11-25)20(27)16-12-22-26(14(16)2)18-7-5-4-6-17(18)21/h4-7,12H,8-11H2,1-3H3. The van der Waals surface area contributed by atoms with Crippen LogP contribution in [0.5, 0.6) is 0 Å². The fourth-order valence-electron chi connectivity index (χ4n) is 3.76. The average molecular weight is 447 g/mol. The average Bonchev–Trinajstić information content (AvgIpc) is 3.30. The molecule has 11 heteroatoms. The molecule has 0 atom stereocenters. The lowest BCUT2D eigenvalue weighted by atomic mass is 10.2. The summed E-state index contributed by atoms with van der Waals surface area (Å²) in [6.07, 6.45) is 1.41. The van der Waals surface area contributed by atoms with Gasteiger partial charge in [-0.3, -0.25) is 4.79 Å². The fourth-order valence-corrected chi connectivity index (χ4v) is 5.47. The molecule has 0 saturated carbocycles. The number of piperazine rings is 1. The van der Waals surface area contributed by atoms with Gasteiger partial charge >= 0.3 is 0 Å². The third-order valence-corrected chi connectivity index (χ3v) is 7.56. The lowest BCUT2D eigenvalue weighted by molar-refractivity contribution is 0.0697. The van der Waals surface area contributed by atoms with Crippen molar-refractivity contribution in [1.82, 2.24) is 24.1 Å². The number of sulfonamides is 1. The Hall–Kier alpha value is -3.05. The first-order valence-corrected chi connectivity index (χ1v) is 11.2. The lowest BCUT2D eigenvalue weighted by Crippen LogP contribution is -2.50. The zero-order chi connectivity index (χ0) is 22.3. The number of amides is 1. The third-order valence-electron chi connectivity index (χ3n) is 5.41. The van der Waals surface area contributed by atoms with Crippen molar-refractivity contribution in [2.75, 3.05) is 26.2 Å². The van der Waals surface area contributed by atoms with Gasteiger partial charge in [0.1, 0.15) is 22.1 Å². The summed E-state index contributed by atoms with van der Waals surface area (Å²) in [5.41, 5.74) is 1.44. The maximum Gasteiger partial charge on any atom is 0.257 e. The Kier molecular flexibility index (Phi) is 5.40. The zero-order valence-electron chi connectivity index (χ0n) is 17.4. The zero-order valence-corrected chi connectivity index (χ0v) is 18.2. The number of benzene rings is 1. The highest BCUT2D eigenvalue weighted by atomic mass is 32.2. The molecule has 31 heavy (non-hydrogen) atoms. The van der Waals surface area contributed by atoms with Crippen LogP contribution in [0.15, 0.2) is 39.9 Å². The Balaban J connectivity index is 1.50. The summed E-state index contributed by atoms with van der Waals surface area (Å²) >= 11 is 0. The van der Waals surface area contributed by atoms with Gasteiger partial charge in [-0.25, -0.2) is 17.5 Å². The molecule has 1 saturated heterocycles. The molecule has 2 aromatic heterocycles. The number of para-hydroxylation sites is 1. The van der Waals surface area contributed by atoms with E-state index >= 15 is 0 Å². The highest BCUT2D eigenvalue weighted by molar-refractivity contribution is 7.89. The second kappa shape index (κ2) is 7.89. The SMILES string of the molecule is Cc1noc(C)c1S(=O)(=O)N1CCN(C(=O)c2cnn(-c3ccccc3F)c2C)CC1. The Morgan fingerprint density at radius 3 is 2.39 bits per heavy atom. The molecule has 1 aliphatic rings. The van der Waals surface area contributed by atoms with Crippen LogP contribution in [-0.4, -0.2) is 64.6 Å². The van der Waals surface area contributed by atoms with E-state index < -0.39 is 15.8 Å². The van der Waals surface area contributed by atoms with E-state index in [9.17, 15) is 17.6 Å². The Bertz CT molecular complexity index is 1220. The predicted molar refractivity (Wildman–Crippen MR) is 109 cm³/mol. The van der Waals surface area contributed by atoms with Crippen molar-refractivity contribution in [3.8, 4) is 5.69 Å². The molecular formula is C20H22FN5O4S. The van der Waals surface area contributed by atoms with Gasteiger partial charge in [0.25, 0.3) is 5.91 Å². The first-order valence-electron chi connectivity index (χ1n) is 9.73. The molecule has 9 nitrogen and oxygen atoms in total. The number of hydrogen-bond donors (Lipinski definition) is 0. The van der Waals surface area contributed by atoms with Gasteiger partial charge in [-0.15, -0.1) is 0 Å². The summed E-state index contributed by atoms with van der Waals surface area (Å²) in [5, 5.41) is 7.90. The number of aromatic nitrogens is 3. The summed E-state index contributed by atoms with van der Waals surface area (Å²) in [4.78, 5) is 14.7. The number of hydrogen-bond acceptors (Lipinski definition) is 6. The minimum absolute atomic E-state index is 0.0780. The Morgan fingerprint density at radius 1 is 1.10 bits per heavy atom. The first-order chi connectivity index (χ1) is 14.7. The largest absolute Gasteiger partial charge is 0.360 e. The molecule has 1 aromatic carbocycles. The van der Waals surface area contributed by atoms with Crippen molar-refractivity contribution in [3.05, 3.63) is 59.0 Å². The normalized spacial score (nSPS) is 15.4. The molecule has 1 fully saturated rings. The van der Waals surface area contributed by atoms with Crippen molar-refractivity contribution in [1.29, 1.82) is 0 Å². The van der Waals surface area contributed by atoms with Gasteiger partial charge in [0, 0.05) is 26.2 Å². The molecule has 1 amide bonds. The van der Waals surface area contributed by atoms with Crippen molar-refractivity contribution in [2.24, 2.45) is 0 Å². The molecule has 0 spiro atoms. The van der Waals surface area contributed by atoms with Gasteiger partial charge in [-0.05, 0) is 32.9 Å². The molecular weight excluding hydrogens is 425 g/mol. The second-order valence-electron chi connectivity index (χ2n) is 7.36. The molecule has 4 rings (SSSR count). The topological polar surface area (TPSA) is 102 Å². The van der Waals surface area contributed by atoms with E-state index in [1.165, 1.54) is 21.3 Å². The van der Waals surface area contributed by atoms with Crippen molar-refractivity contribution < 1.29 is 22.1 Å². The molecule has 0 radical (unpaired) electrons. The van der Waals surface area contributed by atoms with Crippen molar-refractivity contribution >= 4 is 15.9 Å². The summed E-state index contributed by atoms with van der Waals surface area (Å²) < 4.78 is 47.7. The Morgan fingerprint density at radius 2 is 1.77 bits per heavy atom. The molecule has 1 aliphatic heterocycles.